The predicted octanol–water partition coefficient (Wildman–Crippen LogP) is 6.00. The van der Waals surface area contributed by atoms with E-state index in [1.54, 1.807) is 6.20 Å². The third-order valence-corrected chi connectivity index (χ3v) is 5.77. The average molecular weight is 453 g/mol. The first-order valence-electron chi connectivity index (χ1n) is 11.7. The number of fused-ring (bicyclic) bond motifs is 3. The van der Waals surface area contributed by atoms with Crippen LogP contribution in [-0.2, 0) is 6.42 Å². The van der Waals surface area contributed by atoms with E-state index < -0.39 is 0 Å². The van der Waals surface area contributed by atoms with Gasteiger partial charge in [0.2, 0.25) is 0 Å². The second-order valence-electron chi connectivity index (χ2n) is 8.34. The number of hydroxylamine groups is 1. The molecule has 6 nitrogen and oxygen atoms in total. The Morgan fingerprint density at radius 1 is 1.03 bits per heavy atom. The minimum atomic E-state index is 0.622. The van der Waals surface area contributed by atoms with Gasteiger partial charge in [0.25, 0.3) is 0 Å². The summed E-state index contributed by atoms with van der Waals surface area (Å²) in [6.45, 7) is 5.42. The summed E-state index contributed by atoms with van der Waals surface area (Å²) in [6, 6.07) is 18.5. The molecule has 0 fully saturated rings. The second kappa shape index (κ2) is 9.93. The van der Waals surface area contributed by atoms with Gasteiger partial charge in [-0.15, -0.1) is 0 Å². The number of aromatic nitrogens is 3. The van der Waals surface area contributed by atoms with E-state index in [0.717, 1.165) is 69.5 Å². The fourth-order valence-corrected chi connectivity index (χ4v) is 4.21. The minimum absolute atomic E-state index is 0.622. The van der Waals surface area contributed by atoms with Gasteiger partial charge in [-0.2, -0.15) is 5.48 Å². The molecule has 3 aromatic heterocycles. The SMILES string of the molecule is CCNOc1cccc(-c2ccc(OCCCc3cccnc3)c3[nH]c4ncc(C)cc4c23)c1. The molecule has 0 aliphatic rings. The van der Waals surface area contributed by atoms with Gasteiger partial charge in [0.05, 0.1) is 12.1 Å². The summed E-state index contributed by atoms with van der Waals surface area (Å²) in [7, 11) is 0. The van der Waals surface area contributed by atoms with Crippen LogP contribution < -0.4 is 15.1 Å². The lowest BCUT2D eigenvalue weighted by Crippen LogP contribution is -2.17. The van der Waals surface area contributed by atoms with Crippen LogP contribution in [0.1, 0.15) is 24.5 Å². The fourth-order valence-electron chi connectivity index (χ4n) is 4.21. The van der Waals surface area contributed by atoms with Gasteiger partial charge < -0.3 is 14.6 Å². The van der Waals surface area contributed by atoms with Crippen molar-refractivity contribution in [2.75, 3.05) is 13.2 Å². The first kappa shape index (κ1) is 21.9. The van der Waals surface area contributed by atoms with Gasteiger partial charge in [-0.05, 0) is 85.3 Å². The molecular formula is C28H28N4O2. The minimum Gasteiger partial charge on any atom is -0.491 e. The first-order chi connectivity index (χ1) is 16.7. The van der Waals surface area contributed by atoms with Crippen LogP contribution in [0, 0.1) is 6.92 Å². The molecular weight excluding hydrogens is 424 g/mol. The number of aryl methyl sites for hydroxylation is 2. The van der Waals surface area contributed by atoms with Crippen molar-refractivity contribution in [2.45, 2.75) is 26.7 Å². The van der Waals surface area contributed by atoms with Crippen molar-refractivity contribution < 1.29 is 9.57 Å². The van der Waals surface area contributed by atoms with Gasteiger partial charge in [0.15, 0.2) is 0 Å². The molecule has 0 spiro atoms. The highest BCUT2D eigenvalue weighted by molar-refractivity contribution is 6.15. The maximum atomic E-state index is 6.25. The predicted molar refractivity (Wildman–Crippen MR) is 136 cm³/mol. The van der Waals surface area contributed by atoms with Crippen LogP contribution in [0.5, 0.6) is 11.5 Å². The van der Waals surface area contributed by atoms with Crippen molar-refractivity contribution in [2.24, 2.45) is 0 Å². The lowest BCUT2D eigenvalue weighted by Gasteiger charge is -2.12. The van der Waals surface area contributed by atoms with E-state index in [9.17, 15) is 0 Å². The maximum absolute atomic E-state index is 6.25. The monoisotopic (exact) mass is 452 g/mol. The van der Waals surface area contributed by atoms with E-state index in [-0.39, 0.29) is 0 Å². The number of hydrogen-bond donors (Lipinski definition) is 2. The largest absolute Gasteiger partial charge is 0.491 e. The summed E-state index contributed by atoms with van der Waals surface area (Å²) in [5, 5.41) is 2.19. The van der Waals surface area contributed by atoms with Crippen LogP contribution in [0.4, 0.5) is 0 Å². The van der Waals surface area contributed by atoms with Crippen LogP contribution in [0.2, 0.25) is 0 Å². The number of H-pyrrole nitrogens is 1. The molecule has 0 amide bonds. The van der Waals surface area contributed by atoms with Gasteiger partial charge in [0.1, 0.15) is 17.1 Å². The van der Waals surface area contributed by atoms with Crippen molar-refractivity contribution in [1.29, 1.82) is 0 Å². The van der Waals surface area contributed by atoms with Gasteiger partial charge in [-0.25, -0.2) is 4.98 Å². The number of ether oxygens (including phenoxy) is 1. The molecule has 5 rings (SSSR count). The van der Waals surface area contributed by atoms with Crippen LogP contribution in [0.15, 0.2) is 73.2 Å². The summed E-state index contributed by atoms with van der Waals surface area (Å²) in [5.41, 5.74) is 9.26. The van der Waals surface area contributed by atoms with E-state index in [1.807, 2.05) is 49.6 Å². The number of nitrogens with one attached hydrogen (secondary N) is 2. The zero-order chi connectivity index (χ0) is 23.3. The zero-order valence-electron chi connectivity index (χ0n) is 19.5. The van der Waals surface area contributed by atoms with Gasteiger partial charge >= 0.3 is 0 Å². The van der Waals surface area contributed by atoms with E-state index in [0.29, 0.717) is 6.61 Å². The highest BCUT2D eigenvalue weighted by Crippen LogP contribution is 2.39. The number of nitrogens with zero attached hydrogens (tertiary/aromatic N) is 2. The van der Waals surface area contributed by atoms with E-state index in [2.05, 4.69) is 51.6 Å². The molecule has 5 aromatic rings. The third kappa shape index (κ3) is 4.58. The Hall–Kier alpha value is -3.90. The molecule has 2 N–H and O–H groups in total. The lowest BCUT2D eigenvalue weighted by atomic mass is 9.99. The number of benzene rings is 2. The molecule has 6 heteroatoms. The first-order valence-corrected chi connectivity index (χ1v) is 11.7. The van der Waals surface area contributed by atoms with Gasteiger partial charge in [-0.3, -0.25) is 4.98 Å². The quantitative estimate of drug-likeness (QED) is 0.212. The van der Waals surface area contributed by atoms with E-state index >= 15 is 0 Å². The van der Waals surface area contributed by atoms with Crippen molar-refractivity contribution >= 4 is 21.9 Å². The van der Waals surface area contributed by atoms with Crippen molar-refractivity contribution in [3.05, 3.63) is 84.3 Å². The summed E-state index contributed by atoms with van der Waals surface area (Å²) in [4.78, 5) is 18.0. The standard InChI is InChI=1S/C28H28N4O2/c1-3-31-34-22-10-4-9-21(16-22)23-11-12-25(33-14-6-8-20-7-5-13-29-18-20)27-26(23)24-15-19(2)17-30-28(24)32-27/h4-5,7,9-13,15-18,31H,3,6,8,14H2,1-2H3,(H,30,32). The Balaban J connectivity index is 1.50. The zero-order valence-corrected chi connectivity index (χ0v) is 19.5. The molecule has 0 saturated heterocycles. The molecule has 0 atom stereocenters. The second-order valence-corrected chi connectivity index (χ2v) is 8.34. The lowest BCUT2D eigenvalue weighted by molar-refractivity contribution is 0.202. The number of hydrogen-bond acceptors (Lipinski definition) is 5. The van der Waals surface area contributed by atoms with Crippen LogP contribution in [0.3, 0.4) is 0 Å². The average Bonchev–Trinajstić information content (AvgIpc) is 3.25. The maximum Gasteiger partial charge on any atom is 0.147 e. The molecule has 34 heavy (non-hydrogen) atoms. The highest BCUT2D eigenvalue weighted by atomic mass is 16.6. The van der Waals surface area contributed by atoms with Gasteiger partial charge in [-0.1, -0.05) is 18.2 Å². The number of aromatic amines is 1. The fraction of sp³-hybridized carbons (Fsp3) is 0.214. The summed E-state index contributed by atoms with van der Waals surface area (Å²) in [6.07, 6.45) is 7.44. The molecule has 0 aliphatic heterocycles. The molecule has 172 valence electrons. The summed E-state index contributed by atoms with van der Waals surface area (Å²) < 4.78 is 6.25. The molecule has 0 bridgehead atoms. The molecule has 0 aliphatic carbocycles. The van der Waals surface area contributed by atoms with Crippen molar-refractivity contribution in [3.8, 4) is 22.6 Å². The van der Waals surface area contributed by atoms with Crippen molar-refractivity contribution in [3.63, 3.8) is 0 Å². The Morgan fingerprint density at radius 3 is 2.82 bits per heavy atom. The molecule has 0 radical (unpaired) electrons. The smallest absolute Gasteiger partial charge is 0.147 e. The third-order valence-electron chi connectivity index (χ3n) is 5.77. The van der Waals surface area contributed by atoms with E-state index in [1.165, 1.54) is 5.56 Å². The van der Waals surface area contributed by atoms with Crippen LogP contribution in [0.25, 0.3) is 33.1 Å². The van der Waals surface area contributed by atoms with Crippen LogP contribution >= 0.6 is 0 Å². The summed E-state index contributed by atoms with van der Waals surface area (Å²) in [5.74, 6) is 1.61. The molecule has 0 saturated carbocycles. The highest BCUT2D eigenvalue weighted by Gasteiger charge is 2.16. The number of pyridine rings is 2. The molecule has 2 aromatic carbocycles. The normalized spacial score (nSPS) is 11.2. The number of rotatable bonds is 9. The molecule has 3 heterocycles. The Kier molecular flexibility index (Phi) is 6.40. The van der Waals surface area contributed by atoms with E-state index in [4.69, 9.17) is 9.57 Å². The Labute approximate surface area is 198 Å². The van der Waals surface area contributed by atoms with Crippen molar-refractivity contribution in [1.82, 2.24) is 20.4 Å². The van der Waals surface area contributed by atoms with Crippen LogP contribution in [-0.4, -0.2) is 28.1 Å². The molecule has 0 unspecified atom stereocenters. The Morgan fingerprint density at radius 2 is 1.97 bits per heavy atom. The summed E-state index contributed by atoms with van der Waals surface area (Å²) >= 11 is 0. The Bertz CT molecular complexity index is 1410. The topological polar surface area (TPSA) is 72.1 Å². The van der Waals surface area contributed by atoms with Gasteiger partial charge in [0, 0.05) is 35.9 Å².